The van der Waals surface area contributed by atoms with Crippen molar-refractivity contribution in [1.29, 1.82) is 0 Å². The van der Waals surface area contributed by atoms with E-state index in [1.165, 1.54) is 0 Å². The fourth-order valence-corrected chi connectivity index (χ4v) is 2.75. The van der Waals surface area contributed by atoms with Crippen LogP contribution in [0.15, 0.2) is 28.7 Å². The van der Waals surface area contributed by atoms with Crippen LogP contribution in [0.5, 0.6) is 0 Å². The van der Waals surface area contributed by atoms with E-state index in [-0.39, 0.29) is 12.0 Å². The topological polar surface area (TPSA) is 52.6 Å². The Labute approximate surface area is 115 Å². The van der Waals surface area contributed by atoms with Crippen LogP contribution in [0, 0.1) is 5.92 Å². The lowest BCUT2D eigenvalue weighted by atomic mass is 10.1. The quantitative estimate of drug-likeness (QED) is 0.876. The van der Waals surface area contributed by atoms with Gasteiger partial charge in [0.15, 0.2) is 0 Å². The number of hydrogen-bond acceptors (Lipinski definition) is 3. The van der Waals surface area contributed by atoms with Gasteiger partial charge in [0.05, 0.1) is 11.6 Å². The first-order valence-electron chi connectivity index (χ1n) is 6.03. The van der Waals surface area contributed by atoms with Crippen molar-refractivity contribution >= 4 is 27.6 Å². The molecule has 98 valence electrons. The van der Waals surface area contributed by atoms with Gasteiger partial charge in [0.2, 0.25) is 0 Å². The zero-order chi connectivity index (χ0) is 13.1. The first kappa shape index (κ1) is 13.4. The third-order valence-corrected chi connectivity index (χ3v) is 3.86. The second kappa shape index (κ2) is 5.71. The van der Waals surface area contributed by atoms with Crippen molar-refractivity contribution < 1.29 is 9.90 Å². The van der Waals surface area contributed by atoms with Crippen molar-refractivity contribution in [3.05, 3.63) is 28.7 Å². The zero-order valence-electron chi connectivity index (χ0n) is 10.3. The fourth-order valence-electron chi connectivity index (χ4n) is 2.21. The molecule has 1 fully saturated rings. The molecule has 4 nitrogen and oxygen atoms in total. The Hall–Kier alpha value is -1.07. The summed E-state index contributed by atoms with van der Waals surface area (Å²) in [6.07, 6.45) is 0. The number of hydrogen-bond donors (Lipinski definition) is 2. The number of anilines is 1. The van der Waals surface area contributed by atoms with Gasteiger partial charge in [0.1, 0.15) is 0 Å². The number of carbonyl (C=O) groups is 1. The van der Waals surface area contributed by atoms with Gasteiger partial charge >= 0.3 is 5.97 Å². The Kier molecular flexibility index (Phi) is 4.24. The molecule has 1 aromatic carbocycles. The molecular formula is C13H17BrN2O2. The molecular weight excluding hydrogens is 296 g/mol. The molecule has 2 N–H and O–H groups in total. The van der Waals surface area contributed by atoms with Gasteiger partial charge in [-0.15, -0.1) is 0 Å². The minimum Gasteiger partial charge on any atom is -0.481 e. The standard InChI is InChI=1S/C13H17BrN2O2/c1-9-7-16(8-10(6-15-9)13(17)18)12-5-3-2-4-11(12)14/h2-5,9-10,15H,6-8H2,1H3,(H,17,18). The van der Waals surface area contributed by atoms with Gasteiger partial charge in [-0.2, -0.15) is 0 Å². The van der Waals surface area contributed by atoms with Crippen molar-refractivity contribution in [2.45, 2.75) is 13.0 Å². The highest BCUT2D eigenvalue weighted by atomic mass is 79.9. The van der Waals surface area contributed by atoms with Crippen molar-refractivity contribution in [1.82, 2.24) is 5.32 Å². The zero-order valence-corrected chi connectivity index (χ0v) is 11.9. The van der Waals surface area contributed by atoms with Gasteiger partial charge in [0, 0.05) is 30.1 Å². The molecule has 1 saturated heterocycles. The summed E-state index contributed by atoms with van der Waals surface area (Å²) in [5.74, 6) is -1.12. The number of carboxylic acids is 1. The van der Waals surface area contributed by atoms with Crippen LogP contribution in [0.25, 0.3) is 0 Å². The van der Waals surface area contributed by atoms with Crippen molar-refractivity contribution in [2.75, 3.05) is 24.5 Å². The molecule has 18 heavy (non-hydrogen) atoms. The van der Waals surface area contributed by atoms with Gasteiger partial charge in [0.25, 0.3) is 0 Å². The summed E-state index contributed by atoms with van der Waals surface area (Å²) in [7, 11) is 0. The van der Waals surface area contributed by atoms with Gasteiger partial charge < -0.3 is 15.3 Å². The van der Waals surface area contributed by atoms with E-state index in [1.54, 1.807) is 0 Å². The summed E-state index contributed by atoms with van der Waals surface area (Å²) in [6, 6.07) is 8.21. The smallest absolute Gasteiger partial charge is 0.309 e. The van der Waals surface area contributed by atoms with Crippen LogP contribution in [0.2, 0.25) is 0 Å². The van der Waals surface area contributed by atoms with E-state index in [1.807, 2.05) is 24.3 Å². The summed E-state index contributed by atoms with van der Waals surface area (Å²) in [4.78, 5) is 13.3. The second-order valence-corrected chi connectivity index (χ2v) is 5.56. The number of nitrogens with one attached hydrogen (secondary N) is 1. The number of carboxylic acid groups (broad SMARTS) is 1. The molecule has 2 atom stereocenters. The van der Waals surface area contributed by atoms with Crippen LogP contribution in [-0.2, 0) is 4.79 Å². The largest absolute Gasteiger partial charge is 0.481 e. The van der Waals surface area contributed by atoms with Crippen molar-refractivity contribution in [3.8, 4) is 0 Å². The molecule has 1 aliphatic heterocycles. The van der Waals surface area contributed by atoms with E-state index >= 15 is 0 Å². The van der Waals surface area contributed by atoms with Gasteiger partial charge in [-0.05, 0) is 35.0 Å². The lowest BCUT2D eigenvalue weighted by Crippen LogP contribution is -2.35. The van der Waals surface area contributed by atoms with E-state index in [0.717, 1.165) is 16.7 Å². The maximum absolute atomic E-state index is 11.2. The molecule has 0 amide bonds. The predicted octanol–water partition coefficient (Wildman–Crippen LogP) is 1.95. The maximum atomic E-state index is 11.2. The van der Waals surface area contributed by atoms with Gasteiger partial charge in [-0.1, -0.05) is 12.1 Å². The predicted molar refractivity (Wildman–Crippen MR) is 74.9 cm³/mol. The van der Waals surface area contributed by atoms with Crippen LogP contribution in [0.1, 0.15) is 6.92 Å². The summed E-state index contributed by atoms with van der Waals surface area (Å²) < 4.78 is 1.00. The minimum atomic E-state index is -0.742. The monoisotopic (exact) mass is 312 g/mol. The van der Waals surface area contributed by atoms with Gasteiger partial charge in [-0.25, -0.2) is 0 Å². The molecule has 1 aliphatic rings. The molecule has 0 bridgehead atoms. The molecule has 2 unspecified atom stereocenters. The summed E-state index contributed by atoms with van der Waals surface area (Å²) >= 11 is 3.52. The average molecular weight is 313 g/mol. The Morgan fingerprint density at radius 2 is 2.17 bits per heavy atom. The summed E-state index contributed by atoms with van der Waals surface area (Å²) in [5, 5.41) is 12.5. The number of aliphatic carboxylic acids is 1. The number of benzene rings is 1. The third-order valence-electron chi connectivity index (χ3n) is 3.19. The molecule has 2 rings (SSSR count). The number of nitrogens with zero attached hydrogens (tertiary/aromatic N) is 1. The first-order chi connectivity index (χ1) is 8.58. The Morgan fingerprint density at radius 1 is 1.44 bits per heavy atom. The second-order valence-electron chi connectivity index (χ2n) is 4.70. The molecule has 5 heteroatoms. The molecule has 0 aliphatic carbocycles. The van der Waals surface area contributed by atoms with E-state index in [9.17, 15) is 9.90 Å². The lowest BCUT2D eigenvalue weighted by molar-refractivity contribution is -0.141. The third kappa shape index (κ3) is 3.03. The molecule has 1 aromatic rings. The number of para-hydroxylation sites is 1. The van der Waals surface area contributed by atoms with Crippen molar-refractivity contribution in [3.63, 3.8) is 0 Å². The molecule has 0 saturated carbocycles. The number of halogens is 1. The Bertz CT molecular complexity index is 439. The highest BCUT2D eigenvalue weighted by Gasteiger charge is 2.26. The summed E-state index contributed by atoms with van der Waals surface area (Å²) in [6.45, 7) is 3.95. The van der Waals surface area contributed by atoms with E-state index in [2.05, 4.69) is 33.1 Å². The SMILES string of the molecule is CC1CN(c2ccccc2Br)CC(C(=O)O)CN1. The maximum Gasteiger partial charge on any atom is 0.309 e. The lowest BCUT2D eigenvalue weighted by Gasteiger charge is -2.27. The van der Waals surface area contributed by atoms with Crippen LogP contribution >= 0.6 is 15.9 Å². The van der Waals surface area contributed by atoms with Crippen LogP contribution < -0.4 is 10.2 Å². The summed E-state index contributed by atoms with van der Waals surface area (Å²) in [5.41, 5.74) is 1.05. The molecule has 0 spiro atoms. The van der Waals surface area contributed by atoms with Crippen LogP contribution in [0.4, 0.5) is 5.69 Å². The highest BCUT2D eigenvalue weighted by molar-refractivity contribution is 9.10. The van der Waals surface area contributed by atoms with E-state index in [0.29, 0.717) is 13.1 Å². The molecule has 0 radical (unpaired) electrons. The van der Waals surface area contributed by atoms with E-state index in [4.69, 9.17) is 0 Å². The normalized spacial score (nSPS) is 24.7. The molecule has 1 heterocycles. The fraction of sp³-hybridized carbons (Fsp3) is 0.462. The van der Waals surface area contributed by atoms with Gasteiger partial charge in [-0.3, -0.25) is 4.79 Å². The van der Waals surface area contributed by atoms with Crippen LogP contribution in [-0.4, -0.2) is 36.8 Å². The van der Waals surface area contributed by atoms with Crippen LogP contribution in [0.3, 0.4) is 0 Å². The Morgan fingerprint density at radius 3 is 2.83 bits per heavy atom. The van der Waals surface area contributed by atoms with Crippen molar-refractivity contribution in [2.24, 2.45) is 5.92 Å². The number of rotatable bonds is 2. The average Bonchev–Trinajstić information content (AvgIpc) is 2.52. The highest BCUT2D eigenvalue weighted by Crippen LogP contribution is 2.27. The first-order valence-corrected chi connectivity index (χ1v) is 6.83. The van der Waals surface area contributed by atoms with E-state index < -0.39 is 5.97 Å². The Balaban J connectivity index is 2.24. The minimum absolute atomic E-state index is 0.279. The molecule has 0 aromatic heterocycles.